The van der Waals surface area contributed by atoms with Crippen molar-refractivity contribution in [3.63, 3.8) is 0 Å². The molecule has 1 saturated heterocycles. The molecule has 0 aliphatic carbocycles. The molecule has 1 aromatic heterocycles. The van der Waals surface area contributed by atoms with E-state index in [1.807, 2.05) is 25.1 Å². The summed E-state index contributed by atoms with van der Waals surface area (Å²) in [6.45, 7) is 3.92. The molecular weight excluding hydrogens is 292 g/mol. The number of anilines is 3. The number of methoxy groups -OCH3 is 1. The lowest BCUT2D eigenvalue weighted by atomic mass is 10.2. The summed E-state index contributed by atoms with van der Waals surface area (Å²) in [4.78, 5) is 23.2. The van der Waals surface area contributed by atoms with Crippen LogP contribution in [0.2, 0.25) is 0 Å². The maximum Gasteiger partial charge on any atom is 0.339 e. The number of carbonyl (C=O) groups is 1. The van der Waals surface area contributed by atoms with E-state index < -0.39 is 0 Å². The minimum atomic E-state index is -0.376. The average Bonchev–Trinajstić information content (AvgIpc) is 3.08. The molecule has 0 atom stereocenters. The van der Waals surface area contributed by atoms with Gasteiger partial charge in [0.05, 0.1) is 18.4 Å². The molecule has 2 heterocycles. The maximum absolute atomic E-state index is 11.9. The van der Waals surface area contributed by atoms with E-state index in [0.29, 0.717) is 17.1 Å². The zero-order chi connectivity index (χ0) is 16.2. The molecule has 2 aromatic rings. The minimum Gasteiger partial charge on any atom is -0.465 e. The lowest BCUT2D eigenvalue weighted by Gasteiger charge is -2.17. The van der Waals surface area contributed by atoms with E-state index >= 15 is 0 Å². The number of carbonyl (C=O) groups excluding carboxylic acids is 1. The summed E-state index contributed by atoms with van der Waals surface area (Å²) in [5, 5.41) is 3.21. The zero-order valence-corrected chi connectivity index (χ0v) is 13.4. The van der Waals surface area contributed by atoms with Gasteiger partial charge in [-0.05, 0) is 31.9 Å². The topological polar surface area (TPSA) is 67.3 Å². The number of benzene rings is 1. The van der Waals surface area contributed by atoms with E-state index in [9.17, 15) is 4.79 Å². The molecule has 0 saturated carbocycles. The number of aryl methyl sites for hydroxylation is 1. The normalized spacial score (nSPS) is 13.9. The predicted molar refractivity (Wildman–Crippen MR) is 89.3 cm³/mol. The Morgan fingerprint density at radius 1 is 1.22 bits per heavy atom. The molecule has 1 fully saturated rings. The molecule has 6 nitrogen and oxygen atoms in total. The van der Waals surface area contributed by atoms with Crippen LogP contribution in [-0.2, 0) is 4.74 Å². The summed E-state index contributed by atoms with van der Waals surface area (Å²) < 4.78 is 4.82. The first-order chi connectivity index (χ1) is 11.2. The second-order valence-electron chi connectivity index (χ2n) is 5.55. The highest BCUT2D eigenvalue weighted by molar-refractivity contribution is 5.96. The third-order valence-electron chi connectivity index (χ3n) is 3.83. The van der Waals surface area contributed by atoms with Crippen molar-refractivity contribution in [2.75, 3.05) is 30.4 Å². The highest BCUT2D eigenvalue weighted by Gasteiger charge is 2.17. The molecule has 0 amide bonds. The summed E-state index contributed by atoms with van der Waals surface area (Å²) in [5.41, 5.74) is 2.04. The van der Waals surface area contributed by atoms with Crippen LogP contribution in [0.3, 0.4) is 0 Å². The molecule has 1 aliphatic heterocycles. The van der Waals surface area contributed by atoms with Crippen molar-refractivity contribution >= 4 is 23.4 Å². The van der Waals surface area contributed by atoms with Crippen molar-refractivity contribution in [3.05, 3.63) is 41.6 Å². The van der Waals surface area contributed by atoms with Crippen molar-refractivity contribution in [2.24, 2.45) is 0 Å². The van der Waals surface area contributed by atoms with Crippen LogP contribution in [0.1, 0.15) is 28.9 Å². The highest BCUT2D eigenvalue weighted by Crippen LogP contribution is 2.23. The summed E-state index contributed by atoms with van der Waals surface area (Å²) >= 11 is 0. The van der Waals surface area contributed by atoms with Gasteiger partial charge in [-0.1, -0.05) is 12.1 Å². The number of hydrogen-bond acceptors (Lipinski definition) is 6. The van der Waals surface area contributed by atoms with E-state index in [1.54, 1.807) is 12.1 Å². The molecule has 0 unspecified atom stereocenters. The highest BCUT2D eigenvalue weighted by atomic mass is 16.5. The van der Waals surface area contributed by atoms with E-state index in [4.69, 9.17) is 4.74 Å². The summed E-state index contributed by atoms with van der Waals surface area (Å²) in [6, 6.07) is 9.10. The van der Waals surface area contributed by atoms with Gasteiger partial charge in [-0.3, -0.25) is 0 Å². The fourth-order valence-electron chi connectivity index (χ4n) is 2.69. The number of nitrogens with one attached hydrogen (secondary N) is 1. The van der Waals surface area contributed by atoms with Crippen LogP contribution in [0.4, 0.5) is 17.5 Å². The molecule has 0 spiro atoms. The Hall–Kier alpha value is -2.63. The smallest absolute Gasteiger partial charge is 0.339 e. The van der Waals surface area contributed by atoms with E-state index in [1.165, 1.54) is 20.0 Å². The monoisotopic (exact) mass is 312 g/mol. The van der Waals surface area contributed by atoms with Crippen molar-refractivity contribution in [1.29, 1.82) is 0 Å². The van der Waals surface area contributed by atoms with E-state index in [-0.39, 0.29) is 5.97 Å². The summed E-state index contributed by atoms with van der Waals surface area (Å²) in [5.74, 6) is 1.04. The van der Waals surface area contributed by atoms with Gasteiger partial charge in [0.1, 0.15) is 5.82 Å². The quantitative estimate of drug-likeness (QED) is 0.876. The van der Waals surface area contributed by atoms with E-state index in [2.05, 4.69) is 20.2 Å². The van der Waals surface area contributed by atoms with Crippen LogP contribution in [0.25, 0.3) is 0 Å². The Morgan fingerprint density at radius 3 is 2.70 bits per heavy atom. The predicted octanol–water partition coefficient (Wildman–Crippen LogP) is 2.92. The van der Waals surface area contributed by atoms with Gasteiger partial charge >= 0.3 is 5.97 Å². The van der Waals surface area contributed by atoms with Gasteiger partial charge in [0.2, 0.25) is 5.95 Å². The molecule has 0 bridgehead atoms. The number of para-hydroxylation sites is 1. The van der Waals surface area contributed by atoms with Gasteiger partial charge in [-0.2, -0.15) is 4.98 Å². The molecule has 1 aromatic carbocycles. The number of ether oxygens (including phenoxy) is 1. The molecule has 1 aliphatic rings. The second-order valence-corrected chi connectivity index (χ2v) is 5.55. The average molecular weight is 312 g/mol. The molecule has 3 rings (SSSR count). The molecule has 1 N–H and O–H groups in total. The van der Waals surface area contributed by atoms with Crippen LogP contribution in [-0.4, -0.2) is 36.1 Å². The SMILES string of the molecule is COC(=O)c1ccccc1Nc1cc(C)nc(N2CCCC2)n1. The van der Waals surface area contributed by atoms with Crippen molar-refractivity contribution in [1.82, 2.24) is 9.97 Å². The standard InChI is InChI=1S/C17H20N4O2/c1-12-11-15(20-17(18-12)21-9-5-6-10-21)19-14-8-4-3-7-13(14)16(22)23-2/h3-4,7-8,11H,5-6,9-10H2,1-2H3,(H,18,19,20). The zero-order valence-electron chi connectivity index (χ0n) is 13.4. The van der Waals surface area contributed by atoms with Crippen LogP contribution in [0, 0.1) is 6.92 Å². The second kappa shape index (κ2) is 6.64. The number of hydrogen-bond donors (Lipinski definition) is 1. The lowest BCUT2D eigenvalue weighted by molar-refractivity contribution is 0.0602. The fourth-order valence-corrected chi connectivity index (χ4v) is 2.69. The molecular formula is C17H20N4O2. The number of esters is 1. The largest absolute Gasteiger partial charge is 0.465 e. The van der Waals surface area contributed by atoms with Crippen molar-refractivity contribution in [3.8, 4) is 0 Å². The van der Waals surface area contributed by atoms with Gasteiger partial charge < -0.3 is 15.0 Å². The van der Waals surface area contributed by atoms with Crippen LogP contribution >= 0.6 is 0 Å². The minimum absolute atomic E-state index is 0.376. The fraction of sp³-hybridized carbons (Fsp3) is 0.353. The Balaban J connectivity index is 1.90. The van der Waals surface area contributed by atoms with Gasteiger partial charge in [0.25, 0.3) is 0 Å². The number of nitrogens with zero attached hydrogens (tertiary/aromatic N) is 3. The first kappa shape index (κ1) is 15.3. The maximum atomic E-state index is 11.9. The van der Waals surface area contributed by atoms with Crippen LogP contribution < -0.4 is 10.2 Å². The lowest BCUT2D eigenvalue weighted by Crippen LogP contribution is -2.21. The van der Waals surface area contributed by atoms with Crippen molar-refractivity contribution < 1.29 is 9.53 Å². The van der Waals surface area contributed by atoms with Crippen LogP contribution in [0.15, 0.2) is 30.3 Å². The molecule has 120 valence electrons. The number of aromatic nitrogens is 2. The van der Waals surface area contributed by atoms with Crippen LogP contribution in [0.5, 0.6) is 0 Å². The molecule has 23 heavy (non-hydrogen) atoms. The summed E-state index contributed by atoms with van der Waals surface area (Å²) in [7, 11) is 1.37. The Kier molecular flexibility index (Phi) is 4.41. The Morgan fingerprint density at radius 2 is 1.96 bits per heavy atom. The van der Waals surface area contributed by atoms with E-state index in [0.717, 1.165) is 24.7 Å². The first-order valence-electron chi connectivity index (χ1n) is 7.72. The Labute approximate surface area is 135 Å². The summed E-state index contributed by atoms with van der Waals surface area (Å²) in [6.07, 6.45) is 2.34. The van der Waals surface area contributed by atoms with Gasteiger partial charge in [-0.15, -0.1) is 0 Å². The van der Waals surface area contributed by atoms with Gasteiger partial charge in [0, 0.05) is 24.8 Å². The molecule has 6 heteroatoms. The number of rotatable bonds is 4. The molecule has 0 radical (unpaired) electrons. The van der Waals surface area contributed by atoms with Crippen molar-refractivity contribution in [2.45, 2.75) is 19.8 Å². The Bertz CT molecular complexity index is 711. The first-order valence-corrected chi connectivity index (χ1v) is 7.72. The third-order valence-corrected chi connectivity index (χ3v) is 3.83. The third kappa shape index (κ3) is 3.41. The van der Waals surface area contributed by atoms with Gasteiger partial charge in [-0.25, -0.2) is 9.78 Å². The van der Waals surface area contributed by atoms with Gasteiger partial charge in [0.15, 0.2) is 0 Å².